The van der Waals surface area contributed by atoms with E-state index in [0.29, 0.717) is 22.9 Å². The Balaban J connectivity index is 1.56. The Hall–Kier alpha value is -3.06. The molecule has 0 spiro atoms. The maximum Gasteiger partial charge on any atom is 0.262 e. The first kappa shape index (κ1) is 18.7. The zero-order valence-corrected chi connectivity index (χ0v) is 16.1. The quantitative estimate of drug-likeness (QED) is 0.663. The van der Waals surface area contributed by atoms with E-state index in [4.69, 9.17) is 14.2 Å². The van der Waals surface area contributed by atoms with Crippen molar-refractivity contribution in [2.75, 3.05) is 26.1 Å². The average Bonchev–Trinajstić information content (AvgIpc) is 3.13. The lowest BCUT2D eigenvalue weighted by molar-refractivity contribution is -0.118. The molecule has 2 aromatic carbocycles. The number of thiazole rings is 1. The number of ether oxygens (including phenoxy) is 3. The Morgan fingerprint density at radius 2 is 1.81 bits per heavy atom. The van der Waals surface area contributed by atoms with E-state index in [1.54, 1.807) is 43.8 Å². The van der Waals surface area contributed by atoms with Crippen molar-refractivity contribution in [1.29, 1.82) is 0 Å². The second kappa shape index (κ2) is 8.55. The van der Waals surface area contributed by atoms with Gasteiger partial charge in [0.15, 0.2) is 18.1 Å². The van der Waals surface area contributed by atoms with E-state index in [-0.39, 0.29) is 12.5 Å². The molecular weight excluding hydrogens is 364 g/mol. The SMILES string of the molecule is COc1ccc(NC(=O)COc2ccc(-c3nc(C)cs3)cc2)cc1OC. The fourth-order valence-electron chi connectivity index (χ4n) is 2.44. The number of nitrogens with one attached hydrogen (secondary N) is 1. The van der Waals surface area contributed by atoms with E-state index in [1.165, 1.54) is 0 Å². The number of nitrogens with zero attached hydrogens (tertiary/aromatic N) is 1. The predicted octanol–water partition coefficient (Wildman–Crippen LogP) is 4.15. The van der Waals surface area contributed by atoms with Crippen molar-refractivity contribution >= 4 is 22.9 Å². The summed E-state index contributed by atoms with van der Waals surface area (Å²) in [5, 5.41) is 5.75. The number of hydrogen-bond acceptors (Lipinski definition) is 6. The van der Waals surface area contributed by atoms with Crippen LogP contribution in [0, 0.1) is 6.92 Å². The molecule has 3 aromatic rings. The first-order chi connectivity index (χ1) is 13.1. The van der Waals surface area contributed by atoms with Gasteiger partial charge in [-0.3, -0.25) is 4.79 Å². The Morgan fingerprint density at radius 3 is 2.44 bits per heavy atom. The highest BCUT2D eigenvalue weighted by Gasteiger charge is 2.09. The van der Waals surface area contributed by atoms with Gasteiger partial charge in [0.05, 0.1) is 14.2 Å². The Morgan fingerprint density at radius 1 is 1.07 bits per heavy atom. The van der Waals surface area contributed by atoms with Crippen LogP contribution >= 0.6 is 11.3 Å². The monoisotopic (exact) mass is 384 g/mol. The van der Waals surface area contributed by atoms with Crippen LogP contribution in [-0.2, 0) is 4.79 Å². The van der Waals surface area contributed by atoms with Crippen molar-refractivity contribution in [3.63, 3.8) is 0 Å². The van der Waals surface area contributed by atoms with Crippen LogP contribution in [0.25, 0.3) is 10.6 Å². The summed E-state index contributed by atoms with van der Waals surface area (Å²) < 4.78 is 16.0. The average molecular weight is 384 g/mol. The molecule has 6 nitrogen and oxygen atoms in total. The van der Waals surface area contributed by atoms with Gasteiger partial charge in [0.2, 0.25) is 0 Å². The third-order valence-corrected chi connectivity index (χ3v) is 4.77. The van der Waals surface area contributed by atoms with Gasteiger partial charge in [-0.25, -0.2) is 4.98 Å². The van der Waals surface area contributed by atoms with Crippen molar-refractivity contribution in [3.05, 3.63) is 53.5 Å². The molecule has 0 unspecified atom stereocenters. The molecule has 0 aliphatic heterocycles. The van der Waals surface area contributed by atoms with Gasteiger partial charge in [-0.2, -0.15) is 0 Å². The summed E-state index contributed by atoms with van der Waals surface area (Å²) in [5.41, 5.74) is 2.63. The minimum atomic E-state index is -0.262. The van der Waals surface area contributed by atoms with Gasteiger partial charge >= 0.3 is 0 Å². The van der Waals surface area contributed by atoms with Crippen LogP contribution in [0.5, 0.6) is 17.2 Å². The van der Waals surface area contributed by atoms with Crippen molar-refractivity contribution in [2.45, 2.75) is 6.92 Å². The summed E-state index contributed by atoms with van der Waals surface area (Å²) in [5.74, 6) is 1.50. The smallest absolute Gasteiger partial charge is 0.262 e. The molecular formula is C20H20N2O4S. The number of carbonyl (C=O) groups is 1. The summed E-state index contributed by atoms with van der Waals surface area (Å²) in [6, 6.07) is 12.7. The molecule has 140 valence electrons. The minimum absolute atomic E-state index is 0.0932. The van der Waals surface area contributed by atoms with Crippen LogP contribution in [0.1, 0.15) is 5.69 Å². The molecule has 1 amide bonds. The highest BCUT2D eigenvalue weighted by atomic mass is 32.1. The van der Waals surface area contributed by atoms with E-state index in [2.05, 4.69) is 10.3 Å². The molecule has 0 saturated heterocycles. The lowest BCUT2D eigenvalue weighted by atomic mass is 10.2. The van der Waals surface area contributed by atoms with Crippen molar-refractivity contribution in [1.82, 2.24) is 4.98 Å². The predicted molar refractivity (Wildman–Crippen MR) is 106 cm³/mol. The van der Waals surface area contributed by atoms with Gasteiger partial charge in [0.25, 0.3) is 5.91 Å². The Kier molecular flexibility index (Phi) is 5.93. The second-order valence-corrected chi connectivity index (χ2v) is 6.58. The first-order valence-corrected chi connectivity index (χ1v) is 9.14. The van der Waals surface area contributed by atoms with Gasteiger partial charge in [-0.05, 0) is 43.3 Å². The summed E-state index contributed by atoms with van der Waals surface area (Å²) in [6.45, 7) is 1.87. The Labute approximate surface area is 161 Å². The van der Waals surface area contributed by atoms with Crippen molar-refractivity contribution in [2.24, 2.45) is 0 Å². The molecule has 0 saturated carbocycles. The van der Waals surface area contributed by atoms with E-state index in [1.807, 2.05) is 36.6 Å². The van der Waals surface area contributed by atoms with Crippen LogP contribution < -0.4 is 19.5 Å². The lowest BCUT2D eigenvalue weighted by Gasteiger charge is -2.11. The highest BCUT2D eigenvalue weighted by Crippen LogP contribution is 2.29. The van der Waals surface area contributed by atoms with Gasteiger partial charge in [-0.1, -0.05) is 0 Å². The number of carbonyl (C=O) groups excluding carboxylic acids is 1. The van der Waals surface area contributed by atoms with E-state index >= 15 is 0 Å². The van der Waals surface area contributed by atoms with Crippen LogP contribution in [0.2, 0.25) is 0 Å². The zero-order chi connectivity index (χ0) is 19.2. The maximum atomic E-state index is 12.1. The third-order valence-electron chi connectivity index (χ3n) is 3.76. The molecule has 0 aliphatic rings. The van der Waals surface area contributed by atoms with Gasteiger partial charge in [0.1, 0.15) is 10.8 Å². The first-order valence-electron chi connectivity index (χ1n) is 8.26. The molecule has 27 heavy (non-hydrogen) atoms. The molecule has 0 radical (unpaired) electrons. The summed E-state index contributed by atoms with van der Waals surface area (Å²) in [6.07, 6.45) is 0. The number of aromatic nitrogens is 1. The van der Waals surface area contributed by atoms with Crippen LogP contribution in [-0.4, -0.2) is 31.7 Å². The number of methoxy groups -OCH3 is 2. The second-order valence-electron chi connectivity index (χ2n) is 5.73. The molecule has 3 rings (SSSR count). The number of aryl methyl sites for hydroxylation is 1. The normalized spacial score (nSPS) is 10.3. The number of anilines is 1. The van der Waals surface area contributed by atoms with Crippen LogP contribution in [0.3, 0.4) is 0 Å². The molecule has 1 aromatic heterocycles. The topological polar surface area (TPSA) is 69.7 Å². The van der Waals surface area contributed by atoms with E-state index < -0.39 is 0 Å². The number of benzene rings is 2. The number of hydrogen-bond donors (Lipinski definition) is 1. The van der Waals surface area contributed by atoms with Gasteiger partial charge < -0.3 is 19.5 Å². The fourth-order valence-corrected chi connectivity index (χ4v) is 3.24. The maximum absolute atomic E-state index is 12.1. The highest BCUT2D eigenvalue weighted by molar-refractivity contribution is 7.13. The standard InChI is InChI=1S/C20H20N2O4S/c1-13-12-27-20(21-13)14-4-7-16(8-5-14)26-11-19(23)22-15-6-9-17(24-2)18(10-15)25-3/h4-10,12H,11H2,1-3H3,(H,22,23). The molecule has 0 aliphatic carbocycles. The molecule has 0 bridgehead atoms. The van der Waals surface area contributed by atoms with Gasteiger partial charge in [0, 0.05) is 28.4 Å². The molecule has 1 heterocycles. The lowest BCUT2D eigenvalue weighted by Crippen LogP contribution is -2.20. The number of rotatable bonds is 7. The largest absolute Gasteiger partial charge is 0.493 e. The molecule has 0 fully saturated rings. The van der Waals surface area contributed by atoms with Crippen LogP contribution in [0.4, 0.5) is 5.69 Å². The fraction of sp³-hybridized carbons (Fsp3) is 0.200. The van der Waals surface area contributed by atoms with E-state index in [0.717, 1.165) is 16.3 Å². The van der Waals surface area contributed by atoms with Crippen molar-refractivity contribution < 1.29 is 19.0 Å². The number of amides is 1. The molecule has 7 heteroatoms. The molecule has 0 atom stereocenters. The molecule has 1 N–H and O–H groups in total. The van der Waals surface area contributed by atoms with Crippen molar-refractivity contribution in [3.8, 4) is 27.8 Å². The van der Waals surface area contributed by atoms with Crippen LogP contribution in [0.15, 0.2) is 47.8 Å². The van der Waals surface area contributed by atoms with Gasteiger partial charge in [-0.15, -0.1) is 11.3 Å². The van der Waals surface area contributed by atoms with E-state index in [9.17, 15) is 4.79 Å². The third kappa shape index (κ3) is 4.77. The Bertz CT molecular complexity index is 922. The minimum Gasteiger partial charge on any atom is -0.493 e. The summed E-state index contributed by atoms with van der Waals surface area (Å²) in [7, 11) is 3.11. The zero-order valence-electron chi connectivity index (χ0n) is 15.3. The summed E-state index contributed by atoms with van der Waals surface area (Å²) >= 11 is 1.60. The summed E-state index contributed by atoms with van der Waals surface area (Å²) in [4.78, 5) is 16.6.